The van der Waals surface area contributed by atoms with E-state index in [1.54, 1.807) is 4.52 Å². The molecule has 7 nitrogen and oxygen atoms in total. The van der Waals surface area contributed by atoms with Crippen molar-refractivity contribution in [3.8, 4) is 0 Å². The van der Waals surface area contributed by atoms with Gasteiger partial charge in [-0.15, -0.1) is 5.10 Å². The molecular formula is C21H23N5O2. The smallest absolute Gasteiger partial charge is 0.293 e. The zero-order valence-corrected chi connectivity index (χ0v) is 16.1. The van der Waals surface area contributed by atoms with Gasteiger partial charge >= 0.3 is 0 Å². The van der Waals surface area contributed by atoms with Gasteiger partial charge in [-0.25, -0.2) is 9.50 Å². The molecule has 3 heterocycles. The Morgan fingerprint density at radius 3 is 2.64 bits per heavy atom. The third kappa shape index (κ3) is 3.16. The van der Waals surface area contributed by atoms with E-state index in [4.69, 9.17) is 4.74 Å². The first-order chi connectivity index (χ1) is 13.6. The van der Waals surface area contributed by atoms with Gasteiger partial charge < -0.3 is 9.64 Å². The van der Waals surface area contributed by atoms with Gasteiger partial charge in [0, 0.05) is 17.9 Å². The molecule has 0 spiro atoms. The number of hydrogen-bond acceptors (Lipinski definition) is 5. The molecule has 3 aromatic rings. The van der Waals surface area contributed by atoms with Crippen LogP contribution in [-0.2, 0) is 4.74 Å². The van der Waals surface area contributed by atoms with Crippen molar-refractivity contribution in [2.24, 2.45) is 5.92 Å². The largest absolute Gasteiger partial charge is 0.366 e. The number of morpholine rings is 1. The molecule has 0 unspecified atom stereocenters. The van der Waals surface area contributed by atoms with Gasteiger partial charge in [0.1, 0.15) is 6.10 Å². The van der Waals surface area contributed by atoms with Gasteiger partial charge in [0.05, 0.1) is 12.6 Å². The standard InChI is InChI=1S/C21H23N5O2/c1-13-10-14(2)26-21(22-13)23-19(24-26)20(27)25-11-17(15-6-4-3-5-7-15)28-18(12-25)16-8-9-16/h3-7,10,16-18H,8-9,11-12H2,1-2H3/t17-,18+/m0/s1. The highest BCUT2D eigenvalue weighted by atomic mass is 16.5. The second-order valence-corrected chi connectivity index (χ2v) is 7.81. The number of hydrogen-bond donors (Lipinski definition) is 0. The highest BCUT2D eigenvalue weighted by Crippen LogP contribution is 2.39. The van der Waals surface area contributed by atoms with E-state index >= 15 is 0 Å². The average molecular weight is 377 g/mol. The molecule has 2 atom stereocenters. The fourth-order valence-electron chi connectivity index (χ4n) is 3.93. The number of carbonyl (C=O) groups excluding carboxylic acids is 1. The summed E-state index contributed by atoms with van der Waals surface area (Å²) in [6.45, 7) is 4.95. The minimum Gasteiger partial charge on any atom is -0.366 e. The van der Waals surface area contributed by atoms with Crippen LogP contribution in [0, 0.1) is 19.8 Å². The molecule has 0 radical (unpaired) electrons. The summed E-state index contributed by atoms with van der Waals surface area (Å²) in [5.41, 5.74) is 2.87. The van der Waals surface area contributed by atoms with Crippen molar-refractivity contribution in [1.29, 1.82) is 0 Å². The van der Waals surface area contributed by atoms with E-state index in [-0.39, 0.29) is 23.9 Å². The number of fused-ring (bicyclic) bond motifs is 1. The molecule has 2 aromatic heterocycles. The molecule has 144 valence electrons. The first kappa shape index (κ1) is 17.3. The minimum atomic E-state index is -0.155. The number of aryl methyl sites for hydroxylation is 2. The number of rotatable bonds is 3. The van der Waals surface area contributed by atoms with E-state index in [0.717, 1.165) is 17.0 Å². The summed E-state index contributed by atoms with van der Waals surface area (Å²) >= 11 is 0. The highest BCUT2D eigenvalue weighted by Gasteiger charge is 2.40. The molecule has 1 aliphatic heterocycles. The van der Waals surface area contributed by atoms with Crippen LogP contribution < -0.4 is 0 Å². The number of aromatic nitrogens is 4. The molecule has 2 fully saturated rings. The van der Waals surface area contributed by atoms with Crippen LogP contribution in [0.3, 0.4) is 0 Å². The number of amides is 1. The SMILES string of the molecule is Cc1cc(C)n2nc(C(=O)N3C[C@@H](c4ccccc4)O[C@@H](C4CC4)C3)nc2n1. The summed E-state index contributed by atoms with van der Waals surface area (Å²) in [6, 6.07) is 12.0. The van der Waals surface area contributed by atoms with E-state index in [9.17, 15) is 4.79 Å². The molecule has 2 aliphatic rings. The van der Waals surface area contributed by atoms with Gasteiger partial charge in [0.15, 0.2) is 0 Å². The van der Waals surface area contributed by atoms with Gasteiger partial charge in [-0.1, -0.05) is 30.3 Å². The lowest BCUT2D eigenvalue weighted by molar-refractivity contribution is -0.0866. The molecule has 7 heteroatoms. The van der Waals surface area contributed by atoms with Crippen LogP contribution in [0.1, 0.15) is 46.5 Å². The Morgan fingerprint density at radius 1 is 1.11 bits per heavy atom. The van der Waals surface area contributed by atoms with Crippen molar-refractivity contribution in [2.75, 3.05) is 13.1 Å². The zero-order chi connectivity index (χ0) is 19.3. The monoisotopic (exact) mass is 377 g/mol. The molecule has 1 saturated heterocycles. The molecule has 5 rings (SSSR count). The predicted molar refractivity (Wildman–Crippen MR) is 103 cm³/mol. The van der Waals surface area contributed by atoms with Crippen molar-refractivity contribution < 1.29 is 9.53 Å². The van der Waals surface area contributed by atoms with Gasteiger partial charge in [0.25, 0.3) is 11.7 Å². The quantitative estimate of drug-likeness (QED) is 0.702. The van der Waals surface area contributed by atoms with Gasteiger partial charge in [-0.05, 0) is 44.2 Å². The Hall–Kier alpha value is -2.80. The first-order valence-electron chi connectivity index (χ1n) is 9.79. The third-order valence-corrected chi connectivity index (χ3v) is 5.54. The molecule has 0 bridgehead atoms. The number of nitrogens with zero attached hydrogens (tertiary/aromatic N) is 5. The van der Waals surface area contributed by atoms with E-state index in [0.29, 0.717) is 24.8 Å². The maximum atomic E-state index is 13.2. The highest BCUT2D eigenvalue weighted by molar-refractivity contribution is 5.91. The Balaban J connectivity index is 1.45. The Labute approximate surface area is 163 Å². The van der Waals surface area contributed by atoms with E-state index in [1.165, 1.54) is 12.8 Å². The number of carbonyl (C=O) groups is 1. The molecule has 1 amide bonds. The van der Waals surface area contributed by atoms with Crippen LogP contribution in [0.5, 0.6) is 0 Å². The normalized spacial score (nSPS) is 22.6. The molecule has 1 aromatic carbocycles. The first-order valence-corrected chi connectivity index (χ1v) is 9.79. The van der Waals surface area contributed by atoms with Crippen molar-refractivity contribution in [1.82, 2.24) is 24.5 Å². The van der Waals surface area contributed by atoms with E-state index in [1.807, 2.05) is 43.0 Å². The van der Waals surface area contributed by atoms with Gasteiger partial charge in [-0.3, -0.25) is 4.79 Å². The predicted octanol–water partition coefficient (Wildman–Crippen LogP) is 2.73. The summed E-state index contributed by atoms with van der Waals surface area (Å²) in [7, 11) is 0. The summed E-state index contributed by atoms with van der Waals surface area (Å²) in [4.78, 5) is 23.9. The second kappa shape index (κ2) is 6.67. The summed E-state index contributed by atoms with van der Waals surface area (Å²) < 4.78 is 7.99. The summed E-state index contributed by atoms with van der Waals surface area (Å²) in [5, 5.41) is 4.42. The zero-order valence-electron chi connectivity index (χ0n) is 16.1. The third-order valence-electron chi connectivity index (χ3n) is 5.54. The van der Waals surface area contributed by atoms with E-state index in [2.05, 4.69) is 27.2 Å². The summed E-state index contributed by atoms with van der Waals surface area (Å²) in [6.07, 6.45) is 2.29. The van der Waals surface area contributed by atoms with E-state index < -0.39 is 0 Å². The lowest BCUT2D eigenvalue weighted by Gasteiger charge is -2.38. The van der Waals surface area contributed by atoms with Crippen molar-refractivity contribution in [3.63, 3.8) is 0 Å². The number of ether oxygens (including phenoxy) is 1. The van der Waals surface area contributed by atoms with Gasteiger partial charge in [-0.2, -0.15) is 4.98 Å². The Kier molecular flexibility index (Phi) is 4.12. The Bertz CT molecular complexity index is 1030. The average Bonchev–Trinajstić information content (AvgIpc) is 3.47. The van der Waals surface area contributed by atoms with Crippen LogP contribution in [0.4, 0.5) is 0 Å². The van der Waals surface area contributed by atoms with Crippen molar-refractivity contribution in [2.45, 2.75) is 38.9 Å². The van der Waals surface area contributed by atoms with Crippen LogP contribution in [0.2, 0.25) is 0 Å². The lowest BCUT2D eigenvalue weighted by atomic mass is 10.0. The maximum Gasteiger partial charge on any atom is 0.293 e. The molecule has 0 N–H and O–H groups in total. The topological polar surface area (TPSA) is 72.6 Å². The fraction of sp³-hybridized carbons (Fsp3) is 0.429. The minimum absolute atomic E-state index is 0.0713. The maximum absolute atomic E-state index is 13.2. The fourth-order valence-corrected chi connectivity index (χ4v) is 3.93. The lowest BCUT2D eigenvalue weighted by Crippen LogP contribution is -2.48. The molecule has 28 heavy (non-hydrogen) atoms. The Morgan fingerprint density at radius 2 is 1.89 bits per heavy atom. The molecule has 1 saturated carbocycles. The van der Waals surface area contributed by atoms with Crippen molar-refractivity contribution in [3.05, 3.63) is 59.2 Å². The second-order valence-electron chi connectivity index (χ2n) is 7.81. The van der Waals surface area contributed by atoms with Crippen LogP contribution in [0.25, 0.3) is 5.78 Å². The summed E-state index contributed by atoms with van der Waals surface area (Å²) in [5.74, 6) is 1.05. The molecule has 1 aliphatic carbocycles. The van der Waals surface area contributed by atoms with Crippen LogP contribution >= 0.6 is 0 Å². The number of benzene rings is 1. The van der Waals surface area contributed by atoms with Crippen LogP contribution in [0.15, 0.2) is 36.4 Å². The molecular weight excluding hydrogens is 354 g/mol. The van der Waals surface area contributed by atoms with Crippen molar-refractivity contribution >= 4 is 11.7 Å². The van der Waals surface area contributed by atoms with Crippen LogP contribution in [-0.4, -0.2) is 49.6 Å². The van der Waals surface area contributed by atoms with Gasteiger partial charge in [0.2, 0.25) is 5.82 Å².